The molecule has 0 unspecified atom stereocenters. The molecule has 3 aromatic carbocycles. The number of hydrogen-bond acceptors (Lipinski definition) is 6. The van der Waals surface area contributed by atoms with Gasteiger partial charge in [-0.3, -0.25) is 4.99 Å². The SMILES string of the molecule is CCN=C1C=CC(=C(C=C(c2ccccc2)c2ccc(N(C)C)cc2)c2ccccc2)C=C1.[O-][Cl+3]([O-])([O-])[O-]. The van der Waals surface area contributed by atoms with Gasteiger partial charge in [-0.2, -0.15) is 0 Å². The van der Waals surface area contributed by atoms with Crippen LogP contribution >= 0.6 is 0 Å². The molecule has 0 fully saturated rings. The standard InChI is InChI=1S/C31H30N2.ClHO4/c1-4-32-28-19-15-26(16-20-28)30(24-11-7-5-8-12-24)23-31(25-13-9-6-10-14-25)27-17-21-29(22-18-27)33(2)3;2-1(3,4)5/h5-23H,4H2,1-3H3;(H,2,3,4,5)/p-1. The fourth-order valence-corrected chi connectivity index (χ4v) is 3.91. The Morgan fingerprint density at radius 1 is 0.711 bits per heavy atom. The molecular weight excluding hydrogens is 500 g/mol. The van der Waals surface area contributed by atoms with E-state index in [4.69, 9.17) is 18.6 Å². The molecular formula is C31H30ClN2O4-. The molecule has 1 aliphatic rings. The molecule has 3 aromatic rings. The molecule has 7 heteroatoms. The summed E-state index contributed by atoms with van der Waals surface area (Å²) >= 11 is 0. The zero-order valence-electron chi connectivity index (χ0n) is 21.6. The third-order valence-corrected chi connectivity index (χ3v) is 5.67. The Bertz CT molecular complexity index is 1310. The molecule has 0 heterocycles. The van der Waals surface area contributed by atoms with E-state index in [0.717, 1.165) is 12.3 Å². The first-order valence-corrected chi connectivity index (χ1v) is 13.3. The molecule has 0 N–H and O–H groups in total. The molecule has 0 aliphatic heterocycles. The van der Waals surface area contributed by atoms with Gasteiger partial charge in [0.05, 0.1) is 5.71 Å². The van der Waals surface area contributed by atoms with Gasteiger partial charge in [-0.15, -0.1) is 10.2 Å². The maximum atomic E-state index is 8.49. The maximum absolute atomic E-state index is 8.49. The first-order valence-electron chi connectivity index (χ1n) is 12.0. The van der Waals surface area contributed by atoms with Gasteiger partial charge >= 0.3 is 0 Å². The maximum Gasteiger partial charge on any atom is 0.0574 e. The topological polar surface area (TPSA) is 108 Å². The highest BCUT2D eigenvalue weighted by Crippen LogP contribution is 2.32. The van der Waals surface area contributed by atoms with Crippen molar-refractivity contribution in [2.75, 3.05) is 25.5 Å². The van der Waals surface area contributed by atoms with E-state index in [0.29, 0.717) is 0 Å². The van der Waals surface area contributed by atoms with E-state index in [1.165, 1.54) is 39.1 Å². The first-order chi connectivity index (χ1) is 18.2. The number of nitrogens with zero attached hydrogens (tertiary/aromatic N) is 2. The van der Waals surface area contributed by atoms with Gasteiger partial charge < -0.3 is 4.90 Å². The minimum absolute atomic E-state index is 0.787. The van der Waals surface area contributed by atoms with Crippen LogP contribution in [0.15, 0.2) is 126 Å². The molecule has 0 spiro atoms. The fraction of sp³-hybridized carbons (Fsp3) is 0.129. The summed E-state index contributed by atoms with van der Waals surface area (Å²) in [5, 5.41) is 0. The summed E-state index contributed by atoms with van der Waals surface area (Å²) in [5.41, 5.74) is 9.34. The largest absolute Gasteiger partial charge is 0.378 e. The Hall–Kier alpha value is -3.78. The number of allylic oxidation sites excluding steroid dienone is 7. The van der Waals surface area contributed by atoms with Crippen LogP contribution in [0.1, 0.15) is 23.6 Å². The molecule has 1 aliphatic carbocycles. The smallest absolute Gasteiger partial charge is 0.0574 e. The zero-order valence-corrected chi connectivity index (χ0v) is 22.3. The van der Waals surface area contributed by atoms with Crippen LogP contribution in [0.5, 0.6) is 0 Å². The summed E-state index contributed by atoms with van der Waals surface area (Å²) in [6.07, 6.45) is 10.9. The van der Waals surface area contributed by atoms with Crippen LogP contribution in [0, 0.1) is 10.2 Å². The third kappa shape index (κ3) is 8.95. The summed E-state index contributed by atoms with van der Waals surface area (Å²) < 4.78 is 34.0. The van der Waals surface area contributed by atoms with Gasteiger partial charge in [-0.05, 0) is 70.7 Å². The summed E-state index contributed by atoms with van der Waals surface area (Å²) in [6, 6.07) is 30.0. The van der Waals surface area contributed by atoms with Crippen LogP contribution in [-0.4, -0.2) is 26.4 Å². The summed E-state index contributed by atoms with van der Waals surface area (Å²) in [6.45, 7) is 2.85. The lowest BCUT2D eigenvalue weighted by molar-refractivity contribution is -2.00. The van der Waals surface area contributed by atoms with E-state index in [9.17, 15) is 0 Å². The van der Waals surface area contributed by atoms with Gasteiger partial charge in [0.25, 0.3) is 0 Å². The van der Waals surface area contributed by atoms with Crippen molar-refractivity contribution < 1.29 is 28.9 Å². The molecule has 6 nitrogen and oxygen atoms in total. The second-order valence-electron chi connectivity index (χ2n) is 8.54. The summed E-state index contributed by atoms with van der Waals surface area (Å²) in [5.74, 6) is 0. The molecule has 196 valence electrons. The molecule has 0 saturated carbocycles. The first kappa shape index (κ1) is 28.8. The lowest BCUT2D eigenvalue weighted by Gasteiger charge is -2.17. The molecule has 0 atom stereocenters. The quantitative estimate of drug-likeness (QED) is 0.487. The van der Waals surface area contributed by atoms with Crippen molar-refractivity contribution in [1.29, 1.82) is 0 Å². The summed E-state index contributed by atoms with van der Waals surface area (Å²) in [4.78, 5) is 6.65. The van der Waals surface area contributed by atoms with Crippen molar-refractivity contribution in [3.63, 3.8) is 0 Å². The average Bonchev–Trinajstić information content (AvgIpc) is 2.90. The van der Waals surface area contributed by atoms with Crippen molar-refractivity contribution >= 4 is 22.5 Å². The predicted octanol–water partition coefficient (Wildman–Crippen LogP) is 2.47. The Kier molecular flexibility index (Phi) is 10.4. The molecule has 4 rings (SSSR count). The highest BCUT2D eigenvalue weighted by atomic mass is 35.7. The van der Waals surface area contributed by atoms with Crippen LogP contribution in [0.25, 0.3) is 11.1 Å². The van der Waals surface area contributed by atoms with E-state index in [1.807, 2.05) is 0 Å². The van der Waals surface area contributed by atoms with Gasteiger partial charge in [0.2, 0.25) is 0 Å². The predicted molar refractivity (Wildman–Crippen MR) is 144 cm³/mol. The number of aliphatic imine (C=N–C) groups is 1. The second kappa shape index (κ2) is 13.7. The van der Waals surface area contributed by atoms with Crippen LogP contribution in [0.4, 0.5) is 5.69 Å². The highest BCUT2D eigenvalue weighted by Gasteiger charge is 2.11. The minimum Gasteiger partial charge on any atom is -0.378 e. The normalized spacial score (nSPS) is 13.1. The Labute approximate surface area is 226 Å². The number of benzene rings is 3. The van der Waals surface area contributed by atoms with Crippen molar-refractivity contribution in [2.24, 2.45) is 4.99 Å². The van der Waals surface area contributed by atoms with E-state index in [2.05, 4.69) is 146 Å². The Morgan fingerprint density at radius 2 is 1.18 bits per heavy atom. The molecule has 0 saturated heterocycles. The van der Waals surface area contributed by atoms with E-state index >= 15 is 0 Å². The van der Waals surface area contributed by atoms with Crippen molar-refractivity contribution in [3.05, 3.63) is 138 Å². The Morgan fingerprint density at radius 3 is 1.66 bits per heavy atom. The second-order valence-corrected chi connectivity index (χ2v) is 9.30. The lowest BCUT2D eigenvalue weighted by Crippen LogP contribution is -2.68. The van der Waals surface area contributed by atoms with Gasteiger partial charge in [-0.25, -0.2) is 18.6 Å². The average molecular weight is 530 g/mol. The van der Waals surface area contributed by atoms with Crippen molar-refractivity contribution in [3.8, 4) is 0 Å². The number of rotatable bonds is 6. The van der Waals surface area contributed by atoms with Crippen LogP contribution in [-0.2, 0) is 0 Å². The van der Waals surface area contributed by atoms with E-state index < -0.39 is 10.2 Å². The zero-order chi connectivity index (χ0) is 27.5. The molecule has 0 bridgehead atoms. The molecule has 0 radical (unpaired) electrons. The Balaban J connectivity index is 0.000000732. The highest BCUT2D eigenvalue weighted by molar-refractivity contribution is 6.07. The van der Waals surface area contributed by atoms with Crippen LogP contribution in [0.3, 0.4) is 0 Å². The molecule has 0 amide bonds. The lowest BCUT2D eigenvalue weighted by atomic mass is 9.90. The van der Waals surface area contributed by atoms with Gasteiger partial charge in [0.15, 0.2) is 0 Å². The van der Waals surface area contributed by atoms with Gasteiger partial charge in [0, 0.05) is 26.3 Å². The monoisotopic (exact) mass is 529 g/mol. The number of halogens is 1. The number of hydrogen-bond donors (Lipinski definition) is 0. The minimum atomic E-state index is -4.94. The molecule has 0 aromatic heterocycles. The van der Waals surface area contributed by atoms with Crippen LogP contribution in [0.2, 0.25) is 0 Å². The van der Waals surface area contributed by atoms with Gasteiger partial charge in [0.1, 0.15) is 0 Å². The van der Waals surface area contributed by atoms with Gasteiger partial charge in [-0.1, -0.05) is 84.9 Å². The van der Waals surface area contributed by atoms with E-state index in [-0.39, 0.29) is 0 Å². The molecule has 38 heavy (non-hydrogen) atoms. The third-order valence-electron chi connectivity index (χ3n) is 5.67. The van der Waals surface area contributed by atoms with Crippen molar-refractivity contribution in [1.82, 2.24) is 0 Å². The van der Waals surface area contributed by atoms with Crippen molar-refractivity contribution in [2.45, 2.75) is 6.92 Å². The van der Waals surface area contributed by atoms with Crippen LogP contribution < -0.4 is 23.5 Å². The summed E-state index contributed by atoms with van der Waals surface area (Å²) in [7, 11) is -0.808. The van der Waals surface area contributed by atoms with E-state index in [1.54, 1.807) is 0 Å². The number of anilines is 1. The fourth-order valence-electron chi connectivity index (χ4n) is 3.91.